The van der Waals surface area contributed by atoms with Crippen LogP contribution in [0.5, 0.6) is 0 Å². The number of aromatic nitrogens is 4. The smallest absolute Gasteiger partial charge is 0.135 e. The van der Waals surface area contributed by atoms with Crippen LogP contribution in [0.25, 0.3) is 11.3 Å². The Bertz CT molecular complexity index is 977. The average molecular weight is 467 g/mol. The van der Waals surface area contributed by atoms with Gasteiger partial charge in [-0.3, -0.25) is 14.6 Å². The third-order valence-corrected chi connectivity index (χ3v) is 5.55. The van der Waals surface area contributed by atoms with Crippen LogP contribution < -0.4 is 0 Å². The molecule has 3 atom stereocenters. The van der Waals surface area contributed by atoms with Gasteiger partial charge >= 0.3 is 0 Å². The largest absolute Gasteiger partial charge is 0.388 e. The summed E-state index contributed by atoms with van der Waals surface area (Å²) in [5, 5.41) is 15.7. The van der Waals surface area contributed by atoms with Crippen LogP contribution in [0.15, 0.2) is 54.1 Å². The number of pyridine rings is 2. The highest BCUT2D eigenvalue weighted by Crippen LogP contribution is 2.29. The SMILES string of the molecule is CCOCC(C)OC(Sc1cncc(Cl)c1)[C@@H](O)Cn1cc(-c2cc(F)ccn2)cn1. The lowest BCUT2D eigenvalue weighted by Gasteiger charge is -2.26. The Morgan fingerprint density at radius 2 is 2.13 bits per heavy atom. The van der Waals surface area contributed by atoms with Gasteiger partial charge in [-0.25, -0.2) is 4.39 Å². The van der Waals surface area contributed by atoms with E-state index in [0.717, 1.165) is 4.90 Å². The summed E-state index contributed by atoms with van der Waals surface area (Å²) < 4.78 is 26.5. The number of hydrogen-bond donors (Lipinski definition) is 1. The Labute approximate surface area is 189 Å². The summed E-state index contributed by atoms with van der Waals surface area (Å²) in [6, 6.07) is 4.38. The molecule has 0 amide bonds. The first-order valence-electron chi connectivity index (χ1n) is 9.77. The second-order valence-electron chi connectivity index (χ2n) is 6.81. The van der Waals surface area contributed by atoms with E-state index in [9.17, 15) is 9.50 Å². The highest BCUT2D eigenvalue weighted by Gasteiger charge is 2.25. The van der Waals surface area contributed by atoms with Gasteiger partial charge in [-0.2, -0.15) is 5.10 Å². The van der Waals surface area contributed by atoms with Crippen LogP contribution >= 0.6 is 23.4 Å². The van der Waals surface area contributed by atoms with E-state index in [1.165, 1.54) is 30.1 Å². The summed E-state index contributed by atoms with van der Waals surface area (Å²) in [5.41, 5.74) is 0.509. The number of rotatable bonds is 11. The molecule has 3 aromatic rings. The molecule has 0 saturated carbocycles. The summed E-state index contributed by atoms with van der Waals surface area (Å²) in [4.78, 5) is 9.00. The van der Waals surface area contributed by atoms with Crippen LogP contribution in [0.3, 0.4) is 0 Å². The van der Waals surface area contributed by atoms with Crippen LogP contribution in [0.2, 0.25) is 5.02 Å². The second-order valence-corrected chi connectivity index (χ2v) is 8.42. The van der Waals surface area contributed by atoms with Gasteiger partial charge in [0.2, 0.25) is 0 Å². The number of nitrogens with zero attached hydrogens (tertiary/aromatic N) is 4. The number of aliphatic hydroxyl groups excluding tert-OH is 1. The number of ether oxygens (including phenoxy) is 2. The Kier molecular flexibility index (Phi) is 8.79. The van der Waals surface area contributed by atoms with Crippen molar-refractivity contribution in [3.05, 3.63) is 60.0 Å². The maximum Gasteiger partial charge on any atom is 0.135 e. The molecule has 0 aliphatic rings. The Morgan fingerprint density at radius 1 is 1.29 bits per heavy atom. The first-order valence-corrected chi connectivity index (χ1v) is 11.0. The van der Waals surface area contributed by atoms with Gasteiger partial charge in [0, 0.05) is 47.9 Å². The highest BCUT2D eigenvalue weighted by atomic mass is 35.5. The van der Waals surface area contributed by atoms with E-state index < -0.39 is 11.5 Å². The molecule has 7 nitrogen and oxygen atoms in total. The first kappa shape index (κ1) is 23.6. The van der Waals surface area contributed by atoms with E-state index in [4.69, 9.17) is 21.1 Å². The van der Waals surface area contributed by atoms with Gasteiger partial charge in [-0.1, -0.05) is 23.4 Å². The molecule has 0 saturated heterocycles. The van der Waals surface area contributed by atoms with Gasteiger partial charge in [0.25, 0.3) is 0 Å². The molecule has 0 bridgehead atoms. The molecule has 3 heterocycles. The van der Waals surface area contributed by atoms with E-state index >= 15 is 0 Å². The molecular weight excluding hydrogens is 443 g/mol. The van der Waals surface area contributed by atoms with Gasteiger partial charge in [-0.15, -0.1) is 0 Å². The van der Waals surface area contributed by atoms with Crippen molar-refractivity contribution in [3.63, 3.8) is 0 Å². The van der Waals surface area contributed by atoms with Crippen molar-refractivity contribution < 1.29 is 19.0 Å². The van der Waals surface area contributed by atoms with Crippen LogP contribution in [-0.4, -0.2) is 55.7 Å². The van der Waals surface area contributed by atoms with E-state index in [1.54, 1.807) is 35.5 Å². The predicted octanol–water partition coefficient (Wildman–Crippen LogP) is 4.05. The van der Waals surface area contributed by atoms with E-state index in [-0.39, 0.29) is 18.5 Å². The third kappa shape index (κ3) is 7.26. The summed E-state index contributed by atoms with van der Waals surface area (Å²) in [6.07, 6.45) is 6.75. The van der Waals surface area contributed by atoms with Gasteiger partial charge in [0.1, 0.15) is 17.4 Å². The molecule has 0 fully saturated rings. The molecule has 2 unspecified atom stereocenters. The Morgan fingerprint density at radius 3 is 2.87 bits per heavy atom. The minimum absolute atomic E-state index is 0.169. The molecule has 0 aromatic carbocycles. The zero-order valence-electron chi connectivity index (χ0n) is 17.2. The fraction of sp³-hybridized carbons (Fsp3) is 0.381. The standard InChI is InChI=1S/C21H24ClFN4O3S/c1-3-29-13-14(2)30-21(31-18-6-16(22)9-24-10-18)20(28)12-27-11-15(8-26-27)19-7-17(23)4-5-25-19/h4-11,14,20-21,28H,3,12-13H2,1-2H3/t14?,20-,21?/m0/s1. The van der Waals surface area contributed by atoms with Crippen molar-refractivity contribution in [2.24, 2.45) is 0 Å². The Balaban J connectivity index is 1.71. The lowest BCUT2D eigenvalue weighted by Crippen LogP contribution is -2.34. The molecule has 3 aromatic heterocycles. The van der Waals surface area contributed by atoms with Crippen molar-refractivity contribution in [1.82, 2.24) is 19.7 Å². The van der Waals surface area contributed by atoms with Crippen LogP contribution in [0.4, 0.5) is 4.39 Å². The predicted molar refractivity (Wildman–Crippen MR) is 117 cm³/mol. The van der Waals surface area contributed by atoms with Crippen molar-refractivity contribution in [1.29, 1.82) is 0 Å². The maximum absolute atomic E-state index is 13.5. The molecule has 10 heteroatoms. The fourth-order valence-electron chi connectivity index (χ4n) is 2.78. The molecule has 0 aliphatic carbocycles. The molecule has 0 aliphatic heterocycles. The normalized spacial score (nSPS) is 14.4. The van der Waals surface area contributed by atoms with Crippen molar-refractivity contribution >= 4 is 23.4 Å². The summed E-state index contributed by atoms with van der Waals surface area (Å²) in [7, 11) is 0. The molecule has 1 N–H and O–H groups in total. The summed E-state index contributed by atoms with van der Waals surface area (Å²) in [6.45, 7) is 4.95. The van der Waals surface area contributed by atoms with E-state index in [1.807, 2.05) is 13.8 Å². The minimum atomic E-state index is -0.902. The van der Waals surface area contributed by atoms with Gasteiger partial charge in [0.05, 0.1) is 36.2 Å². The maximum atomic E-state index is 13.5. The van der Waals surface area contributed by atoms with Crippen LogP contribution in [0.1, 0.15) is 13.8 Å². The van der Waals surface area contributed by atoms with Crippen molar-refractivity contribution in [2.45, 2.75) is 42.9 Å². The average Bonchev–Trinajstić information content (AvgIpc) is 3.20. The zero-order chi connectivity index (χ0) is 22.2. The number of hydrogen-bond acceptors (Lipinski definition) is 7. The van der Waals surface area contributed by atoms with Gasteiger partial charge in [-0.05, 0) is 26.0 Å². The van der Waals surface area contributed by atoms with E-state index in [0.29, 0.717) is 29.5 Å². The van der Waals surface area contributed by atoms with Crippen LogP contribution in [0, 0.1) is 5.82 Å². The molecular formula is C21H24ClFN4O3S. The monoisotopic (exact) mass is 466 g/mol. The molecule has 0 spiro atoms. The van der Waals surface area contributed by atoms with Crippen LogP contribution in [-0.2, 0) is 16.0 Å². The lowest BCUT2D eigenvalue weighted by molar-refractivity contribution is -0.0592. The number of thioether (sulfide) groups is 1. The zero-order valence-corrected chi connectivity index (χ0v) is 18.8. The molecule has 0 radical (unpaired) electrons. The third-order valence-electron chi connectivity index (χ3n) is 4.19. The lowest BCUT2D eigenvalue weighted by atomic mass is 10.2. The molecule has 3 rings (SSSR count). The summed E-state index contributed by atoms with van der Waals surface area (Å²) in [5.74, 6) is -0.374. The second kappa shape index (κ2) is 11.5. The topological polar surface area (TPSA) is 82.3 Å². The fourth-order valence-corrected chi connectivity index (χ4v) is 4.09. The molecule has 31 heavy (non-hydrogen) atoms. The van der Waals surface area contributed by atoms with E-state index in [2.05, 4.69) is 15.1 Å². The van der Waals surface area contributed by atoms with Crippen molar-refractivity contribution in [2.75, 3.05) is 13.2 Å². The number of halogens is 2. The van der Waals surface area contributed by atoms with Crippen molar-refractivity contribution in [3.8, 4) is 11.3 Å². The summed E-state index contributed by atoms with van der Waals surface area (Å²) >= 11 is 7.36. The minimum Gasteiger partial charge on any atom is -0.388 e. The van der Waals surface area contributed by atoms with Gasteiger partial charge < -0.3 is 14.6 Å². The quantitative estimate of drug-likeness (QED) is 0.337. The molecule has 166 valence electrons. The first-order chi connectivity index (χ1) is 14.9. The Hall–Kier alpha value is -2.04. The highest BCUT2D eigenvalue weighted by molar-refractivity contribution is 7.99. The van der Waals surface area contributed by atoms with Gasteiger partial charge in [0.15, 0.2) is 0 Å². The number of aliphatic hydroxyl groups is 1.